The molecule has 1 N–H and O–H groups in total. The molecule has 0 bridgehead atoms. The van der Waals surface area contributed by atoms with Crippen molar-refractivity contribution in [1.82, 2.24) is 10.2 Å². The molecule has 2 aliphatic rings. The predicted octanol–water partition coefficient (Wildman–Crippen LogP) is 1.79. The van der Waals surface area contributed by atoms with Crippen LogP contribution in [0.25, 0.3) is 0 Å². The summed E-state index contributed by atoms with van der Waals surface area (Å²) in [7, 11) is 1.69. The second-order valence-electron chi connectivity index (χ2n) is 7.42. The first kappa shape index (κ1) is 18.4. The van der Waals surface area contributed by atoms with Gasteiger partial charge in [0.15, 0.2) is 0 Å². The van der Waals surface area contributed by atoms with Gasteiger partial charge >= 0.3 is 0 Å². The summed E-state index contributed by atoms with van der Waals surface area (Å²) in [4.78, 5) is 15.6. The second-order valence-corrected chi connectivity index (χ2v) is 7.42. The largest absolute Gasteiger partial charge is 0.385 e. The molecule has 1 aliphatic heterocycles. The van der Waals surface area contributed by atoms with Gasteiger partial charge in [0.25, 0.3) is 0 Å². The zero-order chi connectivity index (χ0) is 17.9. The molecule has 2 atom stereocenters. The number of nitrogens with one attached hydrogen (secondary N) is 1. The maximum absolute atomic E-state index is 13.3. The van der Waals surface area contributed by atoms with Gasteiger partial charge < -0.3 is 14.8 Å². The molecule has 0 aromatic heterocycles. The number of rotatable bonds is 6. The molecule has 1 aliphatic carbocycles. The lowest BCUT2D eigenvalue weighted by atomic mass is 9.90. The molecule has 0 saturated carbocycles. The van der Waals surface area contributed by atoms with Gasteiger partial charge in [-0.2, -0.15) is 0 Å². The minimum absolute atomic E-state index is 0.140. The summed E-state index contributed by atoms with van der Waals surface area (Å²) in [6.07, 6.45) is 2.68. The van der Waals surface area contributed by atoms with Crippen molar-refractivity contribution in [2.45, 2.75) is 50.9 Å². The fraction of sp³-hybridized carbons (Fsp3) is 0.650. The van der Waals surface area contributed by atoms with Gasteiger partial charge in [0, 0.05) is 46.2 Å². The van der Waals surface area contributed by atoms with Crippen molar-refractivity contribution in [2.75, 3.05) is 33.4 Å². The number of amides is 1. The van der Waals surface area contributed by atoms with E-state index in [1.165, 1.54) is 11.1 Å². The van der Waals surface area contributed by atoms with E-state index in [0.29, 0.717) is 13.2 Å². The highest BCUT2D eigenvalue weighted by Crippen LogP contribution is 2.36. The number of nitrogens with zero attached hydrogens (tertiary/aromatic N) is 1. The summed E-state index contributed by atoms with van der Waals surface area (Å²) in [6.45, 7) is 7.09. The molecular formula is C20H30N2O3. The molecule has 25 heavy (non-hydrogen) atoms. The number of methoxy groups -OCH3 is 1. The number of morpholine rings is 1. The van der Waals surface area contributed by atoms with E-state index in [4.69, 9.17) is 9.47 Å². The molecule has 1 aromatic carbocycles. The predicted molar refractivity (Wildman–Crippen MR) is 97.7 cm³/mol. The van der Waals surface area contributed by atoms with Gasteiger partial charge in [0.1, 0.15) is 5.54 Å². The van der Waals surface area contributed by atoms with E-state index >= 15 is 0 Å². The lowest BCUT2D eigenvalue weighted by Gasteiger charge is -2.45. The normalized spacial score (nSPS) is 25.6. The fourth-order valence-electron chi connectivity index (χ4n) is 4.23. The molecule has 0 unspecified atom stereocenters. The minimum atomic E-state index is -0.497. The Bertz CT molecular complexity index is 569. The third-order valence-electron chi connectivity index (χ3n) is 5.34. The van der Waals surface area contributed by atoms with E-state index in [9.17, 15) is 4.79 Å². The second kappa shape index (κ2) is 7.85. The average Bonchev–Trinajstić information content (AvgIpc) is 2.98. The molecule has 138 valence electrons. The summed E-state index contributed by atoms with van der Waals surface area (Å²) in [5.41, 5.74) is 2.09. The molecular weight excluding hydrogens is 316 g/mol. The first-order valence-corrected chi connectivity index (χ1v) is 9.29. The Morgan fingerprint density at radius 1 is 1.24 bits per heavy atom. The molecule has 1 aromatic rings. The topological polar surface area (TPSA) is 50.8 Å². The molecule has 1 heterocycles. The smallest absolute Gasteiger partial charge is 0.241 e. The maximum Gasteiger partial charge on any atom is 0.241 e. The zero-order valence-electron chi connectivity index (χ0n) is 15.6. The minimum Gasteiger partial charge on any atom is -0.385 e. The summed E-state index contributed by atoms with van der Waals surface area (Å²) in [5, 5.41) is 3.16. The first-order valence-electron chi connectivity index (χ1n) is 9.29. The van der Waals surface area contributed by atoms with E-state index in [2.05, 4.69) is 48.3 Å². The van der Waals surface area contributed by atoms with Crippen molar-refractivity contribution in [3.63, 3.8) is 0 Å². The van der Waals surface area contributed by atoms with E-state index in [0.717, 1.165) is 32.4 Å². The molecule has 1 fully saturated rings. The Morgan fingerprint density at radius 2 is 1.84 bits per heavy atom. The molecule has 5 nitrogen and oxygen atoms in total. The van der Waals surface area contributed by atoms with Crippen LogP contribution in [0.15, 0.2) is 24.3 Å². The van der Waals surface area contributed by atoms with E-state index in [1.807, 2.05) is 0 Å². The zero-order valence-corrected chi connectivity index (χ0v) is 15.6. The monoisotopic (exact) mass is 346 g/mol. The molecule has 0 spiro atoms. The number of fused-ring (bicyclic) bond motifs is 1. The van der Waals surface area contributed by atoms with Crippen LogP contribution in [-0.2, 0) is 27.1 Å². The molecule has 1 saturated heterocycles. The summed E-state index contributed by atoms with van der Waals surface area (Å²) in [5.74, 6) is 0.140. The number of carbonyl (C=O) groups excluding carboxylic acids is 1. The summed E-state index contributed by atoms with van der Waals surface area (Å²) >= 11 is 0. The Hall–Kier alpha value is -1.43. The van der Waals surface area contributed by atoms with Gasteiger partial charge in [0.05, 0.1) is 12.2 Å². The van der Waals surface area contributed by atoms with Crippen molar-refractivity contribution >= 4 is 5.91 Å². The Morgan fingerprint density at radius 3 is 2.40 bits per heavy atom. The van der Waals surface area contributed by atoms with Crippen LogP contribution in [0.4, 0.5) is 0 Å². The highest BCUT2D eigenvalue weighted by Gasteiger charge is 2.49. The number of benzene rings is 1. The number of hydrogen-bond donors (Lipinski definition) is 1. The Balaban J connectivity index is 1.81. The van der Waals surface area contributed by atoms with Crippen LogP contribution in [0.5, 0.6) is 0 Å². The highest BCUT2D eigenvalue weighted by atomic mass is 16.5. The number of ether oxygens (including phenoxy) is 2. The SMILES string of the molecule is COCCCNC(=O)C1(N2C[C@@H](C)O[C@@H](C)C2)Cc2ccccc2C1. The standard InChI is InChI=1S/C20H30N2O3/c1-15-13-22(14-16(2)25-15)20(19(23)21-9-6-10-24-3)11-17-7-4-5-8-18(17)12-20/h4-5,7-8,15-16H,6,9-14H2,1-3H3,(H,21,23)/t15-,16+. The van der Waals surface area contributed by atoms with Crippen LogP contribution in [0, 0.1) is 0 Å². The molecule has 1 amide bonds. The molecule has 0 radical (unpaired) electrons. The van der Waals surface area contributed by atoms with Crippen molar-refractivity contribution in [3.8, 4) is 0 Å². The lowest BCUT2D eigenvalue weighted by Crippen LogP contribution is -2.64. The van der Waals surface area contributed by atoms with E-state index in [-0.39, 0.29) is 18.1 Å². The third kappa shape index (κ3) is 3.89. The molecule has 3 rings (SSSR count). The Kier molecular flexibility index (Phi) is 5.77. The number of hydrogen-bond acceptors (Lipinski definition) is 4. The van der Waals surface area contributed by atoms with Gasteiger partial charge in [-0.05, 0) is 31.4 Å². The van der Waals surface area contributed by atoms with Gasteiger partial charge in [-0.1, -0.05) is 24.3 Å². The maximum atomic E-state index is 13.3. The van der Waals surface area contributed by atoms with Crippen molar-refractivity contribution in [3.05, 3.63) is 35.4 Å². The lowest BCUT2D eigenvalue weighted by molar-refractivity contribution is -0.144. The van der Waals surface area contributed by atoms with Crippen LogP contribution >= 0.6 is 0 Å². The highest BCUT2D eigenvalue weighted by molar-refractivity contribution is 5.88. The van der Waals surface area contributed by atoms with Gasteiger partial charge in [-0.25, -0.2) is 0 Å². The third-order valence-corrected chi connectivity index (χ3v) is 5.34. The first-order chi connectivity index (χ1) is 12.0. The van der Waals surface area contributed by atoms with Crippen LogP contribution in [-0.4, -0.2) is 61.9 Å². The van der Waals surface area contributed by atoms with Crippen LogP contribution in [0.3, 0.4) is 0 Å². The summed E-state index contributed by atoms with van der Waals surface area (Å²) < 4.78 is 11.0. The summed E-state index contributed by atoms with van der Waals surface area (Å²) in [6, 6.07) is 8.44. The number of carbonyl (C=O) groups is 1. The van der Waals surface area contributed by atoms with Gasteiger partial charge in [0.2, 0.25) is 5.91 Å². The van der Waals surface area contributed by atoms with Crippen molar-refractivity contribution in [2.24, 2.45) is 0 Å². The fourth-order valence-corrected chi connectivity index (χ4v) is 4.23. The van der Waals surface area contributed by atoms with Crippen LogP contribution in [0.2, 0.25) is 0 Å². The van der Waals surface area contributed by atoms with E-state index in [1.54, 1.807) is 7.11 Å². The van der Waals surface area contributed by atoms with Gasteiger partial charge in [-0.3, -0.25) is 9.69 Å². The van der Waals surface area contributed by atoms with E-state index < -0.39 is 5.54 Å². The van der Waals surface area contributed by atoms with Crippen molar-refractivity contribution < 1.29 is 14.3 Å². The van der Waals surface area contributed by atoms with Gasteiger partial charge in [-0.15, -0.1) is 0 Å². The quantitative estimate of drug-likeness (QED) is 0.798. The van der Waals surface area contributed by atoms with Crippen molar-refractivity contribution in [1.29, 1.82) is 0 Å². The average molecular weight is 346 g/mol. The molecule has 5 heteroatoms. The van der Waals surface area contributed by atoms with Crippen LogP contribution < -0.4 is 5.32 Å². The van der Waals surface area contributed by atoms with Crippen LogP contribution in [0.1, 0.15) is 31.4 Å². The Labute approximate surface area is 150 Å².